The van der Waals surface area contributed by atoms with Crippen molar-refractivity contribution in [3.05, 3.63) is 35.1 Å². The average Bonchev–Trinajstić information content (AvgIpc) is 2.33. The minimum atomic E-state index is -0.981. The molecule has 0 bridgehead atoms. The number of halogens is 1. The molecule has 1 fully saturated rings. The zero-order chi connectivity index (χ0) is 14.0. The first-order valence-electron chi connectivity index (χ1n) is 6.15. The number of carboxylic acids is 1. The van der Waals surface area contributed by atoms with Gasteiger partial charge in [-0.25, -0.2) is 4.39 Å². The zero-order valence-corrected chi connectivity index (χ0v) is 11.0. The molecule has 1 atom stereocenters. The molecule has 5 heteroatoms. The first-order valence-corrected chi connectivity index (χ1v) is 6.15. The lowest BCUT2D eigenvalue weighted by Gasteiger charge is -2.38. The highest BCUT2D eigenvalue weighted by atomic mass is 19.1. The zero-order valence-electron chi connectivity index (χ0n) is 11.0. The van der Waals surface area contributed by atoms with Gasteiger partial charge in [0.05, 0.1) is 25.7 Å². The standard InChI is InChI=1S/C14H17FO4/c1-9(13(16)17)10-4-3-5-12(15)11(10)6-19-14(2)7-18-8-14/h3-5,9H,6-8H2,1-2H3,(H,16,17). The van der Waals surface area contributed by atoms with Crippen molar-refractivity contribution in [1.29, 1.82) is 0 Å². The summed E-state index contributed by atoms with van der Waals surface area (Å²) in [7, 11) is 0. The Morgan fingerprint density at radius 3 is 2.79 bits per heavy atom. The molecule has 1 heterocycles. The molecule has 1 aromatic carbocycles. The number of rotatable bonds is 5. The maximum Gasteiger partial charge on any atom is 0.310 e. The number of ether oxygens (including phenoxy) is 2. The molecule has 0 amide bonds. The van der Waals surface area contributed by atoms with E-state index in [-0.39, 0.29) is 6.61 Å². The van der Waals surface area contributed by atoms with Gasteiger partial charge in [0, 0.05) is 5.56 Å². The Bertz CT molecular complexity index is 482. The van der Waals surface area contributed by atoms with E-state index in [0.29, 0.717) is 24.3 Å². The molecule has 1 N–H and O–H groups in total. The molecule has 0 spiro atoms. The second kappa shape index (κ2) is 5.27. The first-order chi connectivity index (χ1) is 8.93. The summed E-state index contributed by atoms with van der Waals surface area (Å²) in [4.78, 5) is 11.0. The molecule has 4 nitrogen and oxygen atoms in total. The monoisotopic (exact) mass is 268 g/mol. The van der Waals surface area contributed by atoms with Gasteiger partial charge in [-0.15, -0.1) is 0 Å². The summed E-state index contributed by atoms with van der Waals surface area (Å²) in [6.07, 6.45) is 0. The van der Waals surface area contributed by atoms with Crippen molar-refractivity contribution in [3.63, 3.8) is 0 Å². The van der Waals surface area contributed by atoms with Gasteiger partial charge in [0.1, 0.15) is 11.4 Å². The SMILES string of the molecule is CC(C(=O)O)c1cccc(F)c1COC1(C)COC1. The highest BCUT2D eigenvalue weighted by molar-refractivity contribution is 5.76. The van der Waals surface area contributed by atoms with Crippen LogP contribution in [-0.2, 0) is 20.9 Å². The largest absolute Gasteiger partial charge is 0.481 e. The fourth-order valence-electron chi connectivity index (χ4n) is 1.99. The summed E-state index contributed by atoms with van der Waals surface area (Å²) in [5.74, 6) is -2.18. The van der Waals surface area contributed by atoms with Gasteiger partial charge in [-0.05, 0) is 25.5 Å². The third kappa shape index (κ3) is 2.93. The van der Waals surface area contributed by atoms with Crippen molar-refractivity contribution in [2.45, 2.75) is 32.0 Å². The minimum Gasteiger partial charge on any atom is -0.481 e. The topological polar surface area (TPSA) is 55.8 Å². The van der Waals surface area contributed by atoms with Gasteiger partial charge in [0.15, 0.2) is 0 Å². The molecule has 1 unspecified atom stereocenters. The lowest BCUT2D eigenvalue weighted by atomic mass is 9.95. The minimum absolute atomic E-state index is 0.0550. The van der Waals surface area contributed by atoms with Crippen molar-refractivity contribution in [1.82, 2.24) is 0 Å². The van der Waals surface area contributed by atoms with Crippen LogP contribution < -0.4 is 0 Å². The van der Waals surface area contributed by atoms with E-state index in [2.05, 4.69) is 0 Å². The number of hydrogen-bond acceptors (Lipinski definition) is 3. The summed E-state index contributed by atoms with van der Waals surface area (Å²) in [5, 5.41) is 9.05. The van der Waals surface area contributed by atoms with Gasteiger partial charge in [0.2, 0.25) is 0 Å². The maximum absolute atomic E-state index is 13.9. The summed E-state index contributed by atoms with van der Waals surface area (Å²) in [6.45, 7) is 4.43. The highest BCUT2D eigenvalue weighted by Gasteiger charge is 2.35. The Labute approximate surface area is 111 Å². The number of carboxylic acid groups (broad SMARTS) is 1. The average molecular weight is 268 g/mol. The van der Waals surface area contributed by atoms with Gasteiger partial charge in [-0.1, -0.05) is 12.1 Å². The van der Waals surface area contributed by atoms with Crippen molar-refractivity contribution < 1.29 is 23.8 Å². The van der Waals surface area contributed by atoms with Gasteiger partial charge < -0.3 is 14.6 Å². The van der Waals surface area contributed by atoms with Crippen molar-refractivity contribution >= 4 is 5.97 Å². The molecule has 104 valence electrons. The third-order valence-electron chi connectivity index (χ3n) is 3.37. The predicted octanol–water partition coefficient (Wildman–Crippen LogP) is 2.32. The van der Waals surface area contributed by atoms with Crippen LogP contribution in [0.25, 0.3) is 0 Å². The molecular weight excluding hydrogens is 251 g/mol. The molecule has 0 aromatic heterocycles. The maximum atomic E-state index is 13.9. The Hall–Kier alpha value is -1.46. The Kier molecular flexibility index (Phi) is 3.87. The molecule has 2 rings (SSSR count). The van der Waals surface area contributed by atoms with Gasteiger partial charge in [-0.3, -0.25) is 4.79 Å². The smallest absolute Gasteiger partial charge is 0.310 e. The second-order valence-corrected chi connectivity index (χ2v) is 5.10. The molecular formula is C14H17FO4. The lowest BCUT2D eigenvalue weighted by molar-refractivity contribution is -0.205. The van der Waals surface area contributed by atoms with E-state index in [1.54, 1.807) is 6.07 Å². The number of benzene rings is 1. The molecule has 1 aliphatic rings. The van der Waals surface area contributed by atoms with E-state index in [1.165, 1.54) is 19.1 Å². The summed E-state index contributed by atoms with van der Waals surface area (Å²) in [6, 6.07) is 4.46. The molecule has 1 aliphatic heterocycles. The Morgan fingerprint density at radius 1 is 1.58 bits per heavy atom. The fourth-order valence-corrected chi connectivity index (χ4v) is 1.99. The summed E-state index contributed by atoms with van der Waals surface area (Å²) >= 11 is 0. The van der Waals surface area contributed by atoms with Crippen LogP contribution in [0.4, 0.5) is 4.39 Å². The quantitative estimate of drug-likeness (QED) is 0.890. The molecule has 1 saturated heterocycles. The second-order valence-electron chi connectivity index (χ2n) is 5.10. The van der Waals surface area contributed by atoms with Crippen LogP contribution in [0.3, 0.4) is 0 Å². The molecule has 1 aromatic rings. The van der Waals surface area contributed by atoms with E-state index in [0.717, 1.165) is 0 Å². The predicted molar refractivity (Wildman–Crippen MR) is 66.5 cm³/mol. The highest BCUT2D eigenvalue weighted by Crippen LogP contribution is 2.27. The van der Waals surface area contributed by atoms with Crippen LogP contribution in [0.5, 0.6) is 0 Å². The van der Waals surface area contributed by atoms with E-state index >= 15 is 0 Å². The van der Waals surface area contributed by atoms with Crippen LogP contribution in [-0.4, -0.2) is 29.9 Å². The fraction of sp³-hybridized carbons (Fsp3) is 0.500. The van der Waals surface area contributed by atoms with Crippen LogP contribution in [0.1, 0.15) is 30.9 Å². The first kappa shape index (κ1) is 14.0. The lowest BCUT2D eigenvalue weighted by Crippen LogP contribution is -2.49. The van der Waals surface area contributed by atoms with Gasteiger partial charge in [-0.2, -0.15) is 0 Å². The van der Waals surface area contributed by atoms with Gasteiger partial charge >= 0.3 is 5.97 Å². The van der Waals surface area contributed by atoms with E-state index in [4.69, 9.17) is 14.6 Å². The van der Waals surface area contributed by atoms with E-state index < -0.39 is 23.3 Å². The summed E-state index contributed by atoms with van der Waals surface area (Å²) in [5.41, 5.74) is 0.369. The van der Waals surface area contributed by atoms with E-state index in [1.807, 2.05) is 6.92 Å². The van der Waals surface area contributed by atoms with Crippen molar-refractivity contribution in [2.24, 2.45) is 0 Å². The summed E-state index contributed by atoms with van der Waals surface area (Å²) < 4.78 is 24.6. The number of aliphatic carboxylic acids is 1. The molecule has 0 radical (unpaired) electrons. The van der Waals surface area contributed by atoms with Crippen molar-refractivity contribution in [3.8, 4) is 0 Å². The van der Waals surface area contributed by atoms with Crippen LogP contribution in [0.15, 0.2) is 18.2 Å². The van der Waals surface area contributed by atoms with Crippen LogP contribution >= 0.6 is 0 Å². The molecule has 0 aliphatic carbocycles. The molecule has 19 heavy (non-hydrogen) atoms. The Morgan fingerprint density at radius 2 is 2.26 bits per heavy atom. The normalized spacial score (nSPS) is 18.7. The van der Waals surface area contributed by atoms with Crippen molar-refractivity contribution in [2.75, 3.05) is 13.2 Å². The van der Waals surface area contributed by atoms with E-state index in [9.17, 15) is 9.18 Å². The van der Waals surface area contributed by atoms with Crippen LogP contribution in [0.2, 0.25) is 0 Å². The molecule has 0 saturated carbocycles. The van der Waals surface area contributed by atoms with Crippen LogP contribution in [0, 0.1) is 5.82 Å². The van der Waals surface area contributed by atoms with Gasteiger partial charge in [0.25, 0.3) is 0 Å². The Balaban J connectivity index is 2.20. The number of carbonyl (C=O) groups is 1. The number of hydrogen-bond donors (Lipinski definition) is 1. The third-order valence-corrected chi connectivity index (χ3v) is 3.37.